The number of hydrogen-bond donors (Lipinski definition) is 3. The molecule has 2 saturated carbocycles. The first kappa shape index (κ1) is 26.7. The zero-order valence-electron chi connectivity index (χ0n) is 21.9. The Morgan fingerprint density at radius 3 is 2.35 bits per heavy atom. The number of carbonyl (C=O) groups excluding carboxylic acids is 2. The molecule has 4 rings (SSSR count). The van der Waals surface area contributed by atoms with Crippen LogP contribution in [-0.4, -0.2) is 45.7 Å². The fraction of sp³-hybridized carbons (Fsp3) is 0.467. The number of nitrogens with one attached hydrogen (secondary N) is 1. The first-order chi connectivity index (χ1) is 17.7. The maximum Gasteiger partial charge on any atom is 0.326 e. The van der Waals surface area contributed by atoms with Crippen LogP contribution in [0.15, 0.2) is 43.0 Å². The molecule has 0 bridgehead atoms. The second kappa shape index (κ2) is 11.4. The summed E-state index contributed by atoms with van der Waals surface area (Å²) >= 11 is 0. The van der Waals surface area contributed by atoms with Gasteiger partial charge in [0, 0.05) is 31.8 Å². The fourth-order valence-electron chi connectivity index (χ4n) is 5.45. The molecule has 198 valence electrons. The molecule has 7 heteroatoms. The molecule has 2 fully saturated rings. The van der Waals surface area contributed by atoms with E-state index in [0.29, 0.717) is 24.2 Å². The summed E-state index contributed by atoms with van der Waals surface area (Å²) in [6.07, 6.45) is 7.85. The number of hydrogen-bond acceptors (Lipinski definition) is 6. The van der Waals surface area contributed by atoms with Gasteiger partial charge in [-0.15, -0.1) is 0 Å². The van der Waals surface area contributed by atoms with E-state index in [9.17, 15) is 19.8 Å². The van der Waals surface area contributed by atoms with Crippen LogP contribution in [0.1, 0.15) is 85.3 Å². The number of ether oxygens (including phenoxy) is 1. The molecule has 0 aromatic heterocycles. The molecule has 2 aromatic rings. The number of phenols is 2. The Labute approximate surface area is 219 Å². The highest BCUT2D eigenvalue weighted by molar-refractivity contribution is 5.98. The van der Waals surface area contributed by atoms with E-state index < -0.39 is 5.54 Å². The van der Waals surface area contributed by atoms with Crippen LogP contribution >= 0.6 is 0 Å². The predicted octanol–water partition coefficient (Wildman–Crippen LogP) is 5.29. The Hall–Kier alpha value is -3.32. The molecule has 0 atom stereocenters. The second-order valence-corrected chi connectivity index (χ2v) is 10.6. The number of aromatic hydroxyl groups is 2. The average Bonchev–Trinajstić information content (AvgIpc) is 3.55. The highest BCUT2D eigenvalue weighted by atomic mass is 16.5. The van der Waals surface area contributed by atoms with E-state index in [4.69, 9.17) is 4.74 Å². The normalized spacial score (nSPS) is 17.0. The minimum atomic E-state index is -0.622. The van der Waals surface area contributed by atoms with Gasteiger partial charge in [-0.2, -0.15) is 0 Å². The van der Waals surface area contributed by atoms with E-state index in [2.05, 4.69) is 11.9 Å². The summed E-state index contributed by atoms with van der Waals surface area (Å²) in [4.78, 5) is 27.7. The number of esters is 1. The van der Waals surface area contributed by atoms with Crippen molar-refractivity contribution in [1.29, 1.82) is 0 Å². The van der Waals surface area contributed by atoms with E-state index in [0.717, 1.165) is 62.5 Å². The highest BCUT2D eigenvalue weighted by Crippen LogP contribution is 2.34. The Morgan fingerprint density at radius 1 is 1.03 bits per heavy atom. The van der Waals surface area contributed by atoms with Gasteiger partial charge in [0.25, 0.3) is 5.91 Å². The summed E-state index contributed by atoms with van der Waals surface area (Å²) in [6, 6.07) is 10.6. The fourth-order valence-corrected chi connectivity index (χ4v) is 5.45. The van der Waals surface area contributed by atoms with Gasteiger partial charge in [0.2, 0.25) is 0 Å². The number of amides is 1. The van der Waals surface area contributed by atoms with Gasteiger partial charge in [0.1, 0.15) is 23.1 Å². The Morgan fingerprint density at radius 2 is 1.68 bits per heavy atom. The molecule has 2 aromatic carbocycles. The van der Waals surface area contributed by atoms with Gasteiger partial charge in [0.15, 0.2) is 0 Å². The molecule has 2 aliphatic carbocycles. The van der Waals surface area contributed by atoms with Crippen molar-refractivity contribution in [3.63, 3.8) is 0 Å². The largest absolute Gasteiger partial charge is 0.507 e. The molecule has 0 unspecified atom stereocenters. The van der Waals surface area contributed by atoms with Crippen molar-refractivity contribution >= 4 is 17.4 Å². The Balaban J connectivity index is 1.41. The van der Waals surface area contributed by atoms with Crippen LogP contribution in [-0.2, 0) is 22.6 Å². The molecule has 1 amide bonds. The van der Waals surface area contributed by atoms with Gasteiger partial charge in [0.05, 0.1) is 5.56 Å². The molecular formula is C30H38N2O5. The van der Waals surface area contributed by atoms with E-state index in [1.165, 1.54) is 17.0 Å². The minimum absolute atomic E-state index is 0.0580. The number of carbonyl (C=O) groups is 2. The van der Waals surface area contributed by atoms with Crippen LogP contribution in [0.2, 0.25) is 0 Å². The number of benzene rings is 2. The molecule has 7 nitrogen and oxygen atoms in total. The number of phenolic OH excluding ortho intramolecular Hbond substituents is 2. The monoisotopic (exact) mass is 506 g/mol. The van der Waals surface area contributed by atoms with E-state index in [-0.39, 0.29) is 35.0 Å². The smallest absolute Gasteiger partial charge is 0.326 e. The molecule has 0 saturated heterocycles. The van der Waals surface area contributed by atoms with Crippen LogP contribution in [0.3, 0.4) is 0 Å². The molecule has 0 radical (unpaired) electrons. The Bertz CT molecular complexity index is 1160. The molecule has 37 heavy (non-hydrogen) atoms. The molecule has 0 spiro atoms. The quantitative estimate of drug-likeness (QED) is 0.400. The van der Waals surface area contributed by atoms with Crippen molar-refractivity contribution < 1.29 is 24.5 Å². The molecule has 3 N–H and O–H groups in total. The van der Waals surface area contributed by atoms with Gasteiger partial charge >= 0.3 is 5.97 Å². The third-order valence-electron chi connectivity index (χ3n) is 7.62. The summed E-state index contributed by atoms with van der Waals surface area (Å²) in [5.74, 6) is -0.857. The SMILES string of the molecule is C=C(C)c1cc(C(=O)N(C)Cc2cccc(CNC3(C(=O)OC4CCCC4)CCCC3)c2)c(O)cc1O. The van der Waals surface area contributed by atoms with Crippen LogP contribution < -0.4 is 5.32 Å². The van der Waals surface area contributed by atoms with Gasteiger partial charge in [-0.05, 0) is 68.2 Å². The van der Waals surface area contributed by atoms with Gasteiger partial charge in [-0.25, -0.2) is 0 Å². The summed E-state index contributed by atoms with van der Waals surface area (Å²) in [5.41, 5.74) is 2.47. The van der Waals surface area contributed by atoms with Crippen molar-refractivity contribution in [2.45, 2.75) is 83.0 Å². The van der Waals surface area contributed by atoms with Crippen LogP contribution in [0.4, 0.5) is 0 Å². The highest BCUT2D eigenvalue weighted by Gasteiger charge is 2.43. The van der Waals surface area contributed by atoms with Gasteiger partial charge in [-0.3, -0.25) is 14.9 Å². The minimum Gasteiger partial charge on any atom is -0.507 e. The van der Waals surface area contributed by atoms with E-state index in [1.54, 1.807) is 14.0 Å². The van der Waals surface area contributed by atoms with Gasteiger partial charge in [-0.1, -0.05) is 43.7 Å². The standard InChI is InChI=1S/C30H38N2O5/c1-20(2)24-16-25(27(34)17-26(24)33)28(35)32(3)19-22-10-8-9-21(15-22)18-31-30(13-6-7-14-30)29(36)37-23-11-4-5-12-23/h8-10,15-17,23,31,33-34H,1,4-7,11-14,18-19H2,2-3H3. The van der Waals surface area contributed by atoms with Crippen LogP contribution in [0.25, 0.3) is 5.57 Å². The number of nitrogens with zero attached hydrogens (tertiary/aromatic N) is 1. The third-order valence-corrected chi connectivity index (χ3v) is 7.62. The van der Waals surface area contributed by atoms with Crippen molar-refractivity contribution in [2.24, 2.45) is 0 Å². The molecule has 2 aliphatic rings. The average molecular weight is 507 g/mol. The summed E-state index contributed by atoms with van der Waals surface area (Å²) < 4.78 is 5.88. The zero-order chi connectivity index (χ0) is 26.6. The van der Waals surface area contributed by atoms with Crippen molar-refractivity contribution in [3.05, 3.63) is 65.2 Å². The predicted molar refractivity (Wildman–Crippen MR) is 143 cm³/mol. The van der Waals surface area contributed by atoms with Crippen LogP contribution in [0.5, 0.6) is 11.5 Å². The Kier molecular flexibility index (Phi) is 8.22. The second-order valence-electron chi connectivity index (χ2n) is 10.6. The maximum atomic E-state index is 13.1. The molecule has 0 heterocycles. The summed E-state index contributed by atoms with van der Waals surface area (Å²) in [5, 5.41) is 23.8. The lowest BCUT2D eigenvalue weighted by atomic mass is 9.96. The summed E-state index contributed by atoms with van der Waals surface area (Å²) in [6.45, 7) is 6.43. The third kappa shape index (κ3) is 6.16. The van der Waals surface area contributed by atoms with Gasteiger partial charge < -0.3 is 19.8 Å². The van der Waals surface area contributed by atoms with E-state index in [1.807, 2.05) is 24.3 Å². The lowest BCUT2D eigenvalue weighted by molar-refractivity contribution is -0.157. The van der Waals surface area contributed by atoms with Crippen LogP contribution in [0, 0.1) is 0 Å². The lowest BCUT2D eigenvalue weighted by Crippen LogP contribution is -2.51. The first-order valence-corrected chi connectivity index (χ1v) is 13.2. The molecular weight excluding hydrogens is 468 g/mol. The first-order valence-electron chi connectivity index (χ1n) is 13.2. The van der Waals surface area contributed by atoms with Crippen molar-refractivity contribution in [3.8, 4) is 11.5 Å². The number of allylic oxidation sites excluding steroid dienone is 1. The van der Waals surface area contributed by atoms with Crippen molar-refractivity contribution in [1.82, 2.24) is 10.2 Å². The topological polar surface area (TPSA) is 99.1 Å². The maximum absolute atomic E-state index is 13.1. The summed E-state index contributed by atoms with van der Waals surface area (Å²) in [7, 11) is 1.67. The lowest BCUT2D eigenvalue weighted by Gasteiger charge is -2.30. The van der Waals surface area contributed by atoms with Crippen molar-refractivity contribution in [2.75, 3.05) is 7.05 Å². The number of rotatable bonds is 9. The zero-order valence-corrected chi connectivity index (χ0v) is 21.9. The molecule has 0 aliphatic heterocycles. The van der Waals surface area contributed by atoms with E-state index >= 15 is 0 Å².